The second-order valence-electron chi connectivity index (χ2n) is 6.44. The van der Waals surface area contributed by atoms with E-state index >= 15 is 0 Å². The molecule has 0 aliphatic carbocycles. The van der Waals surface area contributed by atoms with Crippen LogP contribution in [0.3, 0.4) is 0 Å². The molecule has 0 heterocycles. The summed E-state index contributed by atoms with van der Waals surface area (Å²) in [7, 11) is 0. The summed E-state index contributed by atoms with van der Waals surface area (Å²) in [6.45, 7) is 4.09. The second-order valence-corrected chi connectivity index (χ2v) is 6.44. The first-order valence-electron chi connectivity index (χ1n) is 10.0. The summed E-state index contributed by atoms with van der Waals surface area (Å²) in [5, 5.41) is 13.3. The topological polar surface area (TPSA) is 95.3 Å². The molecule has 2 atom stereocenters. The molecule has 0 aromatic rings. The first kappa shape index (κ1) is 24.3. The highest BCUT2D eigenvalue weighted by Gasteiger charge is 2.26. The molecule has 0 saturated heterocycles. The maximum atomic E-state index is 11.6. The van der Waals surface area contributed by atoms with Gasteiger partial charge in [-0.2, -0.15) is 0 Å². The van der Waals surface area contributed by atoms with E-state index in [1.165, 1.54) is 44.9 Å². The maximum absolute atomic E-state index is 11.6. The molecule has 0 unspecified atom stereocenters. The lowest BCUT2D eigenvalue weighted by atomic mass is 10.1. The number of aliphatic hydroxyl groups excluding tert-OH is 1. The van der Waals surface area contributed by atoms with Crippen molar-refractivity contribution in [1.29, 1.82) is 0 Å². The molecular formula is C20H35N3O3. The van der Waals surface area contributed by atoms with Gasteiger partial charge in [0.2, 0.25) is 0 Å². The number of unbranched alkanes of at least 4 members (excludes halogenated alkanes) is 9. The molecule has 0 spiro atoms. The predicted octanol–water partition coefficient (Wildman–Crippen LogP) is 5.29. The third-order valence-electron chi connectivity index (χ3n) is 4.15. The smallest absolute Gasteiger partial charge is 0.317 e. The first-order chi connectivity index (χ1) is 12.7. The fraction of sp³-hybridized carbons (Fsp3) is 0.850. The molecule has 0 radical (unpaired) electrons. The van der Waals surface area contributed by atoms with Crippen LogP contribution in [0.2, 0.25) is 0 Å². The Morgan fingerprint density at radius 2 is 1.62 bits per heavy atom. The van der Waals surface area contributed by atoms with Gasteiger partial charge in [0.05, 0.1) is 12.7 Å². The second kappa shape index (κ2) is 18.1. The van der Waals surface area contributed by atoms with Crippen LogP contribution in [0.5, 0.6) is 0 Å². The van der Waals surface area contributed by atoms with Gasteiger partial charge >= 0.3 is 5.97 Å². The molecule has 0 aliphatic heterocycles. The highest BCUT2D eigenvalue weighted by Crippen LogP contribution is 2.11. The number of rotatable bonds is 15. The average Bonchev–Trinajstić information content (AvgIpc) is 2.63. The van der Waals surface area contributed by atoms with Crippen LogP contribution < -0.4 is 0 Å². The molecule has 1 N–H and O–H groups in total. The quantitative estimate of drug-likeness (QED) is 0.107. The van der Waals surface area contributed by atoms with Crippen LogP contribution in [0.4, 0.5) is 0 Å². The van der Waals surface area contributed by atoms with Crippen LogP contribution in [0.15, 0.2) is 5.11 Å². The van der Waals surface area contributed by atoms with Crippen molar-refractivity contribution in [1.82, 2.24) is 0 Å². The minimum absolute atomic E-state index is 0.188. The SMILES string of the molecule is CCCCCCCCCCC#CCCC[C@@H](O)[C@@H](N=[N+]=[N-])C(=O)OCC. The third kappa shape index (κ3) is 13.6. The van der Waals surface area contributed by atoms with E-state index < -0.39 is 18.1 Å². The summed E-state index contributed by atoms with van der Waals surface area (Å²) in [6, 6.07) is -1.18. The Balaban J connectivity index is 3.76. The Labute approximate surface area is 158 Å². The molecule has 6 heteroatoms. The molecule has 0 aliphatic rings. The zero-order valence-corrected chi connectivity index (χ0v) is 16.5. The molecule has 26 heavy (non-hydrogen) atoms. The minimum Gasteiger partial charge on any atom is -0.466 e. The first-order valence-corrected chi connectivity index (χ1v) is 10.0. The van der Waals surface area contributed by atoms with E-state index in [9.17, 15) is 9.90 Å². The van der Waals surface area contributed by atoms with E-state index in [4.69, 9.17) is 10.3 Å². The van der Waals surface area contributed by atoms with E-state index in [0.717, 1.165) is 12.8 Å². The van der Waals surface area contributed by atoms with Crippen molar-refractivity contribution >= 4 is 5.97 Å². The maximum Gasteiger partial charge on any atom is 0.317 e. The van der Waals surface area contributed by atoms with Gasteiger partial charge in [0, 0.05) is 17.8 Å². The molecule has 0 saturated carbocycles. The lowest BCUT2D eigenvalue weighted by Gasteiger charge is -2.16. The number of carbonyl (C=O) groups excluding carboxylic acids is 1. The number of hydrogen-bond acceptors (Lipinski definition) is 4. The minimum atomic E-state index is -1.18. The summed E-state index contributed by atoms with van der Waals surface area (Å²) in [5.74, 6) is 5.58. The van der Waals surface area contributed by atoms with Gasteiger partial charge in [-0.25, -0.2) is 0 Å². The van der Waals surface area contributed by atoms with Gasteiger partial charge in [0.25, 0.3) is 0 Å². The molecule has 0 aromatic heterocycles. The van der Waals surface area contributed by atoms with Crippen molar-refractivity contribution < 1.29 is 14.6 Å². The number of carbonyl (C=O) groups is 1. The molecule has 0 bridgehead atoms. The summed E-state index contributed by atoms with van der Waals surface area (Å²) < 4.78 is 4.80. The van der Waals surface area contributed by atoms with E-state index in [0.29, 0.717) is 19.3 Å². The van der Waals surface area contributed by atoms with Gasteiger partial charge in [-0.15, -0.1) is 11.8 Å². The van der Waals surface area contributed by atoms with Gasteiger partial charge < -0.3 is 9.84 Å². The zero-order chi connectivity index (χ0) is 19.5. The van der Waals surface area contributed by atoms with E-state index in [2.05, 4.69) is 28.8 Å². The largest absolute Gasteiger partial charge is 0.466 e. The fourth-order valence-corrected chi connectivity index (χ4v) is 2.65. The van der Waals surface area contributed by atoms with Crippen molar-refractivity contribution in [2.75, 3.05) is 6.61 Å². The average molecular weight is 366 g/mol. The van der Waals surface area contributed by atoms with Gasteiger partial charge in [0.15, 0.2) is 6.04 Å². The summed E-state index contributed by atoms with van der Waals surface area (Å²) >= 11 is 0. The normalized spacial score (nSPS) is 12.4. The lowest BCUT2D eigenvalue weighted by Crippen LogP contribution is -2.33. The Kier molecular flexibility index (Phi) is 16.9. The van der Waals surface area contributed by atoms with Gasteiger partial charge in [0.1, 0.15) is 0 Å². The number of ether oxygens (including phenoxy) is 1. The van der Waals surface area contributed by atoms with Crippen LogP contribution in [-0.2, 0) is 9.53 Å². The molecule has 0 fully saturated rings. The van der Waals surface area contributed by atoms with E-state index in [1.54, 1.807) is 6.92 Å². The van der Waals surface area contributed by atoms with Crippen molar-refractivity contribution in [2.24, 2.45) is 5.11 Å². The fourth-order valence-electron chi connectivity index (χ4n) is 2.65. The van der Waals surface area contributed by atoms with Crippen LogP contribution >= 0.6 is 0 Å². The van der Waals surface area contributed by atoms with Crippen LogP contribution in [-0.4, -0.2) is 29.8 Å². The molecular weight excluding hydrogens is 330 g/mol. The van der Waals surface area contributed by atoms with Crippen LogP contribution in [0.1, 0.15) is 90.9 Å². The van der Waals surface area contributed by atoms with Crippen LogP contribution in [0, 0.1) is 11.8 Å². The van der Waals surface area contributed by atoms with Gasteiger partial charge in [-0.05, 0) is 31.7 Å². The van der Waals surface area contributed by atoms with Crippen molar-refractivity contribution in [3.63, 3.8) is 0 Å². The number of azide groups is 1. The van der Waals surface area contributed by atoms with E-state index in [1.807, 2.05) is 0 Å². The van der Waals surface area contributed by atoms with E-state index in [-0.39, 0.29) is 6.61 Å². The standard InChI is InChI=1S/C20H35N3O3/c1-3-5-6-7-8-9-10-11-12-13-14-15-16-17-18(24)19(22-23-21)20(25)26-4-2/h18-19,24H,3-12,15-17H2,1-2H3/t18-,19-/m1/s1. The Morgan fingerprint density at radius 3 is 2.19 bits per heavy atom. The highest BCUT2D eigenvalue weighted by atomic mass is 16.5. The number of hydrogen-bond donors (Lipinski definition) is 1. The lowest BCUT2D eigenvalue weighted by molar-refractivity contribution is -0.147. The third-order valence-corrected chi connectivity index (χ3v) is 4.15. The number of aliphatic hydroxyl groups is 1. The van der Waals surface area contributed by atoms with Gasteiger partial charge in [-0.3, -0.25) is 4.79 Å². The van der Waals surface area contributed by atoms with Gasteiger partial charge in [-0.1, -0.05) is 57.0 Å². The highest BCUT2D eigenvalue weighted by molar-refractivity contribution is 5.76. The summed E-state index contributed by atoms with van der Waals surface area (Å²) in [4.78, 5) is 14.2. The summed E-state index contributed by atoms with van der Waals surface area (Å²) in [6.07, 6.45) is 11.9. The number of esters is 1. The monoisotopic (exact) mass is 365 g/mol. The molecule has 148 valence electrons. The molecule has 0 amide bonds. The van der Waals surface area contributed by atoms with Crippen molar-refractivity contribution in [3.8, 4) is 11.8 Å². The van der Waals surface area contributed by atoms with Crippen molar-refractivity contribution in [3.05, 3.63) is 10.4 Å². The molecule has 0 rings (SSSR count). The summed E-state index contributed by atoms with van der Waals surface area (Å²) in [5.41, 5.74) is 8.50. The zero-order valence-electron chi connectivity index (χ0n) is 16.5. The number of nitrogens with zero attached hydrogens (tertiary/aromatic N) is 3. The Bertz CT molecular complexity index is 465. The Morgan fingerprint density at radius 1 is 1.04 bits per heavy atom. The molecule has 6 nitrogen and oxygen atoms in total. The molecule has 0 aromatic carbocycles. The van der Waals surface area contributed by atoms with Crippen molar-refractivity contribution in [2.45, 2.75) is 103 Å². The predicted molar refractivity (Wildman–Crippen MR) is 104 cm³/mol. The van der Waals surface area contributed by atoms with Crippen LogP contribution in [0.25, 0.3) is 10.4 Å². The Hall–Kier alpha value is -1.70.